The largest absolute Gasteiger partial charge is 0.370 e. The molecule has 1 saturated heterocycles. The number of aryl methyl sites for hydroxylation is 1. The number of rotatable bonds is 2. The van der Waals surface area contributed by atoms with Crippen molar-refractivity contribution in [2.45, 2.75) is 13.0 Å². The molecule has 2 aromatic carbocycles. The Kier molecular flexibility index (Phi) is 4.60. The van der Waals surface area contributed by atoms with E-state index >= 15 is 0 Å². The molecule has 114 valence electrons. The van der Waals surface area contributed by atoms with Crippen molar-refractivity contribution in [3.63, 3.8) is 0 Å². The number of carbonyl (C=O) groups is 1. The molecule has 0 saturated carbocycles. The fraction of sp³-hybridized carbons (Fsp3) is 0.278. The maximum absolute atomic E-state index is 12.7. The number of nitrogens with zero attached hydrogens (tertiary/aromatic N) is 1. The Morgan fingerprint density at radius 2 is 2.05 bits per heavy atom. The number of benzene rings is 2. The highest BCUT2D eigenvalue weighted by Crippen LogP contribution is 2.26. The molecule has 1 amide bonds. The summed E-state index contributed by atoms with van der Waals surface area (Å²) >= 11 is 3.42. The Morgan fingerprint density at radius 3 is 2.82 bits per heavy atom. The van der Waals surface area contributed by atoms with Gasteiger partial charge in [0.2, 0.25) is 0 Å². The van der Waals surface area contributed by atoms with Crippen LogP contribution < -0.4 is 0 Å². The first-order valence-electron chi connectivity index (χ1n) is 7.37. The van der Waals surface area contributed by atoms with Gasteiger partial charge in [0.05, 0.1) is 13.2 Å². The Labute approximate surface area is 139 Å². The summed E-state index contributed by atoms with van der Waals surface area (Å²) < 4.78 is 6.80. The molecule has 1 heterocycles. The van der Waals surface area contributed by atoms with Gasteiger partial charge in [0, 0.05) is 16.6 Å². The molecule has 22 heavy (non-hydrogen) atoms. The van der Waals surface area contributed by atoms with Gasteiger partial charge in [0.1, 0.15) is 6.10 Å². The molecular weight excluding hydrogens is 342 g/mol. The number of halogens is 1. The molecule has 3 nitrogen and oxygen atoms in total. The van der Waals surface area contributed by atoms with E-state index in [-0.39, 0.29) is 12.0 Å². The van der Waals surface area contributed by atoms with E-state index in [1.165, 1.54) is 5.56 Å². The summed E-state index contributed by atoms with van der Waals surface area (Å²) in [6.45, 7) is 3.87. The lowest BCUT2D eigenvalue weighted by atomic mass is 10.0. The molecule has 1 fully saturated rings. The van der Waals surface area contributed by atoms with Gasteiger partial charge in [-0.1, -0.05) is 46.3 Å². The van der Waals surface area contributed by atoms with Crippen LogP contribution in [0, 0.1) is 6.92 Å². The van der Waals surface area contributed by atoms with Crippen LogP contribution in [0.2, 0.25) is 0 Å². The third-order valence-corrected chi connectivity index (χ3v) is 4.45. The van der Waals surface area contributed by atoms with Crippen LogP contribution >= 0.6 is 15.9 Å². The zero-order valence-corrected chi connectivity index (χ0v) is 14.0. The minimum absolute atomic E-state index is 0.0500. The predicted octanol–water partition coefficient (Wildman–Crippen LogP) is 3.97. The van der Waals surface area contributed by atoms with E-state index in [1.807, 2.05) is 41.3 Å². The van der Waals surface area contributed by atoms with Crippen molar-refractivity contribution in [2.75, 3.05) is 19.7 Å². The average molecular weight is 360 g/mol. The molecule has 3 rings (SSSR count). The fourth-order valence-electron chi connectivity index (χ4n) is 2.77. The van der Waals surface area contributed by atoms with Crippen LogP contribution in [0.15, 0.2) is 53.0 Å². The van der Waals surface area contributed by atoms with Crippen LogP contribution in [0.4, 0.5) is 0 Å². The van der Waals surface area contributed by atoms with Gasteiger partial charge in [0.15, 0.2) is 0 Å². The van der Waals surface area contributed by atoms with E-state index in [0.29, 0.717) is 25.3 Å². The third kappa shape index (κ3) is 3.23. The van der Waals surface area contributed by atoms with E-state index in [4.69, 9.17) is 4.74 Å². The normalized spacial score (nSPS) is 18.3. The van der Waals surface area contributed by atoms with Crippen molar-refractivity contribution in [2.24, 2.45) is 0 Å². The molecule has 0 radical (unpaired) electrons. The average Bonchev–Trinajstić information content (AvgIpc) is 2.55. The van der Waals surface area contributed by atoms with Gasteiger partial charge in [-0.3, -0.25) is 4.79 Å². The Bertz CT molecular complexity index is 686. The predicted molar refractivity (Wildman–Crippen MR) is 89.9 cm³/mol. The van der Waals surface area contributed by atoms with E-state index in [2.05, 4.69) is 35.0 Å². The Hall–Kier alpha value is -1.65. The molecule has 0 N–H and O–H groups in total. The molecule has 0 spiro atoms. The van der Waals surface area contributed by atoms with Gasteiger partial charge >= 0.3 is 0 Å². The number of hydrogen-bond acceptors (Lipinski definition) is 2. The Balaban J connectivity index is 1.78. The zero-order valence-electron chi connectivity index (χ0n) is 12.5. The van der Waals surface area contributed by atoms with Gasteiger partial charge < -0.3 is 9.64 Å². The van der Waals surface area contributed by atoms with Crippen LogP contribution in [-0.4, -0.2) is 30.5 Å². The van der Waals surface area contributed by atoms with Crippen LogP contribution in [0.1, 0.15) is 27.6 Å². The lowest BCUT2D eigenvalue weighted by molar-refractivity contribution is -0.0230. The molecule has 1 atom stereocenters. The topological polar surface area (TPSA) is 29.5 Å². The molecule has 2 aromatic rings. The van der Waals surface area contributed by atoms with Crippen molar-refractivity contribution < 1.29 is 9.53 Å². The molecule has 1 unspecified atom stereocenters. The maximum Gasteiger partial charge on any atom is 0.254 e. The quantitative estimate of drug-likeness (QED) is 0.811. The highest BCUT2D eigenvalue weighted by Gasteiger charge is 2.26. The number of carbonyl (C=O) groups excluding carboxylic acids is 1. The minimum Gasteiger partial charge on any atom is -0.370 e. The summed E-state index contributed by atoms with van der Waals surface area (Å²) in [4.78, 5) is 14.5. The second-order valence-corrected chi connectivity index (χ2v) is 6.39. The van der Waals surface area contributed by atoms with Gasteiger partial charge in [-0.2, -0.15) is 0 Å². The van der Waals surface area contributed by atoms with Crippen molar-refractivity contribution in [3.05, 3.63) is 69.7 Å². The standard InChI is InChI=1S/C18H18BrNO2/c1-13-5-2-3-8-16(13)17-12-20(9-10-22-17)18(21)14-6-4-7-15(19)11-14/h2-8,11,17H,9-10,12H2,1H3. The first-order chi connectivity index (χ1) is 10.6. The summed E-state index contributed by atoms with van der Waals surface area (Å²) in [5, 5.41) is 0. The molecule has 1 aliphatic heterocycles. The van der Waals surface area contributed by atoms with Crippen molar-refractivity contribution >= 4 is 21.8 Å². The van der Waals surface area contributed by atoms with E-state index in [1.54, 1.807) is 0 Å². The summed E-state index contributed by atoms with van der Waals surface area (Å²) in [6, 6.07) is 15.7. The molecule has 4 heteroatoms. The number of morpholine rings is 1. The molecular formula is C18H18BrNO2. The number of amides is 1. The first-order valence-corrected chi connectivity index (χ1v) is 8.16. The van der Waals surface area contributed by atoms with Gasteiger partial charge in [-0.25, -0.2) is 0 Å². The van der Waals surface area contributed by atoms with E-state index in [0.717, 1.165) is 10.0 Å². The summed E-state index contributed by atoms with van der Waals surface area (Å²) in [5.74, 6) is 0.0585. The van der Waals surface area contributed by atoms with Crippen LogP contribution in [-0.2, 0) is 4.74 Å². The highest BCUT2D eigenvalue weighted by atomic mass is 79.9. The SMILES string of the molecule is Cc1ccccc1C1CN(C(=O)c2cccc(Br)c2)CCO1. The van der Waals surface area contributed by atoms with Crippen molar-refractivity contribution in [3.8, 4) is 0 Å². The molecule has 0 bridgehead atoms. The van der Waals surface area contributed by atoms with Crippen LogP contribution in [0.3, 0.4) is 0 Å². The van der Waals surface area contributed by atoms with Crippen LogP contribution in [0.25, 0.3) is 0 Å². The first kappa shape index (κ1) is 15.3. The fourth-order valence-corrected chi connectivity index (χ4v) is 3.17. The second-order valence-electron chi connectivity index (χ2n) is 5.48. The summed E-state index contributed by atoms with van der Waals surface area (Å²) in [6.07, 6.45) is -0.0500. The maximum atomic E-state index is 12.7. The smallest absolute Gasteiger partial charge is 0.254 e. The Morgan fingerprint density at radius 1 is 1.23 bits per heavy atom. The minimum atomic E-state index is -0.0500. The van der Waals surface area contributed by atoms with Crippen LogP contribution in [0.5, 0.6) is 0 Å². The van der Waals surface area contributed by atoms with Gasteiger partial charge in [-0.15, -0.1) is 0 Å². The molecule has 0 aliphatic carbocycles. The molecule has 1 aliphatic rings. The second kappa shape index (κ2) is 6.63. The lowest BCUT2D eigenvalue weighted by Gasteiger charge is -2.34. The summed E-state index contributed by atoms with van der Waals surface area (Å²) in [5.41, 5.74) is 3.07. The lowest BCUT2D eigenvalue weighted by Crippen LogP contribution is -2.42. The van der Waals surface area contributed by atoms with Crippen molar-refractivity contribution in [1.29, 1.82) is 0 Å². The monoisotopic (exact) mass is 359 g/mol. The number of ether oxygens (including phenoxy) is 1. The highest BCUT2D eigenvalue weighted by molar-refractivity contribution is 9.10. The summed E-state index contributed by atoms with van der Waals surface area (Å²) in [7, 11) is 0. The van der Waals surface area contributed by atoms with Gasteiger partial charge in [0.25, 0.3) is 5.91 Å². The van der Waals surface area contributed by atoms with E-state index in [9.17, 15) is 4.79 Å². The van der Waals surface area contributed by atoms with Gasteiger partial charge in [-0.05, 0) is 36.2 Å². The van der Waals surface area contributed by atoms with Crippen molar-refractivity contribution in [1.82, 2.24) is 4.90 Å². The third-order valence-electron chi connectivity index (χ3n) is 3.96. The van der Waals surface area contributed by atoms with E-state index < -0.39 is 0 Å². The zero-order chi connectivity index (χ0) is 15.5. The molecule has 0 aromatic heterocycles. The number of hydrogen-bond donors (Lipinski definition) is 0.